The second-order valence-corrected chi connectivity index (χ2v) is 5.62. The van der Waals surface area contributed by atoms with Gasteiger partial charge in [0.2, 0.25) is 0 Å². The minimum absolute atomic E-state index is 0.823. The largest absolute Gasteiger partial charge is 0.378 e. The van der Waals surface area contributed by atoms with E-state index in [1.54, 1.807) is 0 Å². The van der Waals surface area contributed by atoms with Crippen molar-refractivity contribution in [2.75, 3.05) is 5.32 Å². The van der Waals surface area contributed by atoms with E-state index in [0.29, 0.717) is 0 Å². The molecule has 0 amide bonds. The highest BCUT2D eigenvalue weighted by Gasteiger charge is 2.09. The zero-order valence-corrected chi connectivity index (χ0v) is 13.1. The molecular formula is C18H21N3. The first-order valence-corrected chi connectivity index (χ1v) is 7.31. The van der Waals surface area contributed by atoms with E-state index in [2.05, 4.69) is 78.9 Å². The minimum atomic E-state index is 0.823. The van der Waals surface area contributed by atoms with Crippen molar-refractivity contribution in [2.45, 2.75) is 34.2 Å². The van der Waals surface area contributed by atoms with E-state index in [1.165, 1.54) is 22.4 Å². The Kier molecular flexibility index (Phi) is 3.42. The van der Waals surface area contributed by atoms with Crippen LogP contribution in [0.2, 0.25) is 0 Å². The average molecular weight is 279 g/mol. The molecule has 0 saturated heterocycles. The fraction of sp³-hybridized carbons (Fsp3) is 0.278. The summed E-state index contributed by atoms with van der Waals surface area (Å²) in [7, 11) is 0. The molecule has 3 aromatic rings. The second-order valence-electron chi connectivity index (χ2n) is 5.62. The number of pyridine rings is 1. The zero-order chi connectivity index (χ0) is 15.0. The third kappa shape index (κ3) is 2.40. The van der Waals surface area contributed by atoms with E-state index < -0.39 is 0 Å². The molecule has 1 N–H and O–H groups in total. The SMILES string of the molecule is Cc1cccc(C)c1CNc1cccn2c(C)c(C)nc12. The monoisotopic (exact) mass is 279 g/mol. The van der Waals surface area contributed by atoms with E-state index in [1.807, 2.05) is 0 Å². The van der Waals surface area contributed by atoms with Crippen molar-refractivity contribution >= 4 is 11.3 Å². The molecule has 0 bridgehead atoms. The predicted octanol–water partition coefficient (Wildman–Crippen LogP) is 4.18. The van der Waals surface area contributed by atoms with Gasteiger partial charge in [-0.1, -0.05) is 18.2 Å². The Morgan fingerprint density at radius 3 is 2.43 bits per heavy atom. The Labute approximate surface area is 125 Å². The molecule has 0 radical (unpaired) electrons. The van der Waals surface area contributed by atoms with Crippen LogP contribution in [0, 0.1) is 27.7 Å². The molecule has 0 aliphatic carbocycles. The van der Waals surface area contributed by atoms with Gasteiger partial charge in [-0.3, -0.25) is 0 Å². The Bertz CT molecular complexity index is 779. The van der Waals surface area contributed by atoms with E-state index in [-0.39, 0.29) is 0 Å². The molecule has 0 spiro atoms. The maximum Gasteiger partial charge on any atom is 0.160 e. The van der Waals surface area contributed by atoms with Crippen molar-refractivity contribution in [3.05, 3.63) is 64.6 Å². The third-order valence-electron chi connectivity index (χ3n) is 4.23. The highest BCUT2D eigenvalue weighted by atomic mass is 15.0. The molecule has 3 nitrogen and oxygen atoms in total. The summed E-state index contributed by atoms with van der Waals surface area (Å²) in [6.45, 7) is 9.30. The maximum atomic E-state index is 4.67. The molecule has 3 heteroatoms. The number of hydrogen-bond donors (Lipinski definition) is 1. The summed E-state index contributed by atoms with van der Waals surface area (Å²) in [6, 6.07) is 10.6. The van der Waals surface area contributed by atoms with Gasteiger partial charge in [-0.2, -0.15) is 0 Å². The van der Waals surface area contributed by atoms with Crippen LogP contribution < -0.4 is 5.32 Å². The third-order valence-corrected chi connectivity index (χ3v) is 4.23. The highest BCUT2D eigenvalue weighted by Crippen LogP contribution is 2.21. The summed E-state index contributed by atoms with van der Waals surface area (Å²) in [5.74, 6) is 0. The first-order chi connectivity index (χ1) is 10.1. The van der Waals surface area contributed by atoms with Gasteiger partial charge in [0.05, 0.1) is 11.4 Å². The molecule has 0 saturated carbocycles. The summed E-state index contributed by atoms with van der Waals surface area (Å²) in [6.07, 6.45) is 2.06. The van der Waals surface area contributed by atoms with Gasteiger partial charge in [0, 0.05) is 18.4 Å². The number of aryl methyl sites for hydroxylation is 4. The van der Waals surface area contributed by atoms with Gasteiger partial charge in [0.1, 0.15) is 0 Å². The first-order valence-electron chi connectivity index (χ1n) is 7.31. The van der Waals surface area contributed by atoms with Gasteiger partial charge in [0.15, 0.2) is 5.65 Å². The minimum Gasteiger partial charge on any atom is -0.378 e. The predicted molar refractivity (Wildman–Crippen MR) is 87.9 cm³/mol. The molecule has 0 unspecified atom stereocenters. The van der Waals surface area contributed by atoms with E-state index in [9.17, 15) is 0 Å². The lowest BCUT2D eigenvalue weighted by atomic mass is 10.0. The van der Waals surface area contributed by atoms with E-state index in [4.69, 9.17) is 0 Å². The fourth-order valence-corrected chi connectivity index (χ4v) is 2.75. The molecule has 2 aromatic heterocycles. The first kappa shape index (κ1) is 13.7. The summed E-state index contributed by atoms with van der Waals surface area (Å²) >= 11 is 0. The lowest BCUT2D eigenvalue weighted by molar-refractivity contribution is 1.07. The van der Waals surface area contributed by atoms with Crippen molar-refractivity contribution in [3.63, 3.8) is 0 Å². The number of aromatic nitrogens is 2. The topological polar surface area (TPSA) is 29.3 Å². The van der Waals surface area contributed by atoms with Crippen molar-refractivity contribution < 1.29 is 0 Å². The smallest absolute Gasteiger partial charge is 0.160 e. The molecule has 0 fully saturated rings. The Balaban J connectivity index is 1.94. The molecule has 1 aromatic carbocycles. The number of rotatable bonds is 3. The van der Waals surface area contributed by atoms with Crippen LogP contribution in [0.3, 0.4) is 0 Å². The quantitative estimate of drug-likeness (QED) is 0.779. The molecule has 21 heavy (non-hydrogen) atoms. The number of anilines is 1. The molecule has 0 atom stereocenters. The van der Waals surface area contributed by atoms with Crippen molar-refractivity contribution in [2.24, 2.45) is 0 Å². The van der Waals surface area contributed by atoms with Crippen LogP contribution in [0.5, 0.6) is 0 Å². The van der Waals surface area contributed by atoms with Crippen molar-refractivity contribution in [1.29, 1.82) is 0 Å². The van der Waals surface area contributed by atoms with Crippen LogP contribution >= 0.6 is 0 Å². The van der Waals surface area contributed by atoms with Crippen LogP contribution in [0.4, 0.5) is 5.69 Å². The van der Waals surface area contributed by atoms with Crippen molar-refractivity contribution in [3.8, 4) is 0 Å². The molecule has 0 aliphatic rings. The van der Waals surface area contributed by atoms with Gasteiger partial charge in [-0.05, 0) is 56.5 Å². The van der Waals surface area contributed by atoms with Crippen LogP contribution in [0.15, 0.2) is 36.5 Å². The standard InChI is InChI=1S/C18H21N3/c1-12-7-5-8-13(2)16(12)11-19-17-9-6-10-21-15(4)14(3)20-18(17)21/h5-10,19H,11H2,1-4H3. The van der Waals surface area contributed by atoms with Crippen LogP contribution in [-0.2, 0) is 6.54 Å². The normalized spacial score (nSPS) is 11.0. The lowest BCUT2D eigenvalue weighted by Crippen LogP contribution is -2.05. The number of benzene rings is 1. The molecule has 3 rings (SSSR count). The average Bonchev–Trinajstić information content (AvgIpc) is 2.75. The lowest BCUT2D eigenvalue weighted by Gasteiger charge is -2.12. The maximum absolute atomic E-state index is 4.67. The Morgan fingerprint density at radius 1 is 1.00 bits per heavy atom. The van der Waals surface area contributed by atoms with Crippen molar-refractivity contribution in [1.82, 2.24) is 9.38 Å². The van der Waals surface area contributed by atoms with Gasteiger partial charge in [0.25, 0.3) is 0 Å². The van der Waals surface area contributed by atoms with Gasteiger partial charge in [-0.15, -0.1) is 0 Å². The molecule has 0 aliphatic heterocycles. The van der Waals surface area contributed by atoms with E-state index >= 15 is 0 Å². The summed E-state index contributed by atoms with van der Waals surface area (Å²) in [4.78, 5) is 4.67. The number of hydrogen-bond acceptors (Lipinski definition) is 2. The highest BCUT2D eigenvalue weighted by molar-refractivity contribution is 5.68. The van der Waals surface area contributed by atoms with Crippen LogP contribution in [0.25, 0.3) is 5.65 Å². The fourth-order valence-electron chi connectivity index (χ4n) is 2.75. The van der Waals surface area contributed by atoms with Crippen LogP contribution in [0.1, 0.15) is 28.1 Å². The molecule has 2 heterocycles. The Morgan fingerprint density at radius 2 is 1.71 bits per heavy atom. The van der Waals surface area contributed by atoms with Crippen LogP contribution in [-0.4, -0.2) is 9.38 Å². The van der Waals surface area contributed by atoms with Gasteiger partial charge < -0.3 is 9.72 Å². The summed E-state index contributed by atoms with van der Waals surface area (Å²) in [5.41, 5.74) is 8.36. The Hall–Kier alpha value is -2.29. The molecular weight excluding hydrogens is 258 g/mol. The summed E-state index contributed by atoms with van der Waals surface area (Å²) in [5, 5.41) is 3.54. The zero-order valence-electron chi connectivity index (χ0n) is 13.1. The van der Waals surface area contributed by atoms with Gasteiger partial charge >= 0.3 is 0 Å². The summed E-state index contributed by atoms with van der Waals surface area (Å²) < 4.78 is 2.14. The molecule has 108 valence electrons. The van der Waals surface area contributed by atoms with E-state index in [0.717, 1.165) is 23.6 Å². The number of nitrogens with one attached hydrogen (secondary N) is 1. The number of nitrogens with zero attached hydrogens (tertiary/aromatic N) is 2. The second kappa shape index (κ2) is 5.24. The number of fused-ring (bicyclic) bond motifs is 1. The van der Waals surface area contributed by atoms with Gasteiger partial charge in [-0.25, -0.2) is 4.98 Å². The number of imidazole rings is 1.